The zero-order valence-electron chi connectivity index (χ0n) is 20.0. The summed E-state index contributed by atoms with van der Waals surface area (Å²) < 4.78 is 16.7. The number of methoxy groups -OCH3 is 1. The number of nitrogens with two attached hydrogens (primary N) is 1. The fraction of sp³-hybridized carbons (Fsp3) is 0.308. The van der Waals surface area contributed by atoms with Gasteiger partial charge in [-0.2, -0.15) is 10.5 Å². The number of benzene rings is 1. The molecule has 2 N–H and O–H groups in total. The Morgan fingerprint density at radius 3 is 2.63 bits per heavy atom. The Kier molecular flexibility index (Phi) is 8.40. The van der Waals surface area contributed by atoms with Gasteiger partial charge in [0, 0.05) is 11.3 Å². The minimum absolute atomic E-state index is 0.0887. The number of ether oxygens (including phenoxy) is 3. The standard InChI is InChI=1S/C26H26N4O4S/c1-5-19-15(3)11-16(12-27)25(30-19)35-14-21-23(26(31)33-6-2)22(18(13-28)24(29)34-21)17-9-7-8-10-20(17)32-4/h7-11,22H,5-6,14,29H2,1-4H3/t22-/m1/s1. The van der Waals surface area contributed by atoms with Crippen molar-refractivity contribution in [2.45, 2.75) is 38.1 Å². The van der Waals surface area contributed by atoms with Gasteiger partial charge in [0.05, 0.1) is 36.5 Å². The van der Waals surface area contributed by atoms with Gasteiger partial charge in [0.2, 0.25) is 5.88 Å². The first-order valence-electron chi connectivity index (χ1n) is 11.0. The van der Waals surface area contributed by atoms with E-state index in [2.05, 4.69) is 17.1 Å². The van der Waals surface area contributed by atoms with Gasteiger partial charge >= 0.3 is 5.97 Å². The number of aromatic nitrogens is 1. The van der Waals surface area contributed by atoms with E-state index in [0.717, 1.165) is 17.7 Å². The van der Waals surface area contributed by atoms with E-state index in [1.807, 2.05) is 13.8 Å². The van der Waals surface area contributed by atoms with Crippen LogP contribution in [0.4, 0.5) is 0 Å². The minimum atomic E-state index is -0.841. The molecule has 180 valence electrons. The van der Waals surface area contributed by atoms with Crippen molar-refractivity contribution in [3.63, 3.8) is 0 Å². The van der Waals surface area contributed by atoms with Crippen LogP contribution in [0, 0.1) is 29.6 Å². The molecule has 3 rings (SSSR count). The van der Waals surface area contributed by atoms with Crippen molar-refractivity contribution in [3.8, 4) is 17.9 Å². The molecule has 0 fully saturated rings. The summed E-state index contributed by atoms with van der Waals surface area (Å²) in [5.74, 6) is -0.678. The quantitative estimate of drug-likeness (QED) is 0.426. The summed E-state index contributed by atoms with van der Waals surface area (Å²) in [6, 6.07) is 13.2. The summed E-state index contributed by atoms with van der Waals surface area (Å²) in [7, 11) is 1.51. The lowest BCUT2D eigenvalue weighted by molar-refractivity contribution is -0.139. The molecule has 0 aliphatic carbocycles. The highest BCUT2D eigenvalue weighted by atomic mass is 32.2. The molecule has 0 amide bonds. The number of esters is 1. The molecular weight excluding hydrogens is 464 g/mol. The number of aryl methyl sites for hydroxylation is 2. The number of pyridine rings is 1. The number of rotatable bonds is 8. The van der Waals surface area contributed by atoms with E-state index >= 15 is 0 Å². The summed E-state index contributed by atoms with van der Waals surface area (Å²) in [5.41, 5.74) is 9.25. The topological polar surface area (TPSA) is 131 Å². The molecule has 1 aliphatic heterocycles. The highest BCUT2D eigenvalue weighted by Crippen LogP contribution is 2.44. The van der Waals surface area contributed by atoms with Crippen LogP contribution in [-0.2, 0) is 20.7 Å². The predicted molar refractivity (Wildman–Crippen MR) is 131 cm³/mol. The molecular formula is C26H26N4O4S. The molecule has 1 atom stereocenters. The number of nitrogens with zero attached hydrogens (tertiary/aromatic N) is 3. The maximum atomic E-state index is 13.2. The van der Waals surface area contributed by atoms with Crippen LogP contribution in [0.5, 0.6) is 5.75 Å². The normalized spacial score (nSPS) is 15.2. The number of allylic oxidation sites excluding steroid dienone is 1. The number of hydrogen-bond acceptors (Lipinski definition) is 9. The molecule has 1 aromatic carbocycles. The number of hydrogen-bond donors (Lipinski definition) is 1. The molecule has 0 saturated carbocycles. The van der Waals surface area contributed by atoms with Gasteiger partial charge in [0.15, 0.2) is 0 Å². The second-order valence-corrected chi connectivity index (χ2v) is 8.55. The van der Waals surface area contributed by atoms with Gasteiger partial charge in [-0.3, -0.25) is 0 Å². The van der Waals surface area contributed by atoms with Crippen molar-refractivity contribution in [2.24, 2.45) is 5.73 Å². The summed E-state index contributed by atoms with van der Waals surface area (Å²) in [5, 5.41) is 20.0. The van der Waals surface area contributed by atoms with Gasteiger partial charge in [-0.1, -0.05) is 36.9 Å². The SMILES string of the molecule is CCOC(=O)C1=C(CSc2nc(CC)c(C)cc2C#N)OC(N)=C(C#N)[C@H]1c1ccccc1OC. The molecule has 2 heterocycles. The van der Waals surface area contributed by atoms with Gasteiger partial charge in [0.1, 0.15) is 34.2 Å². The van der Waals surface area contributed by atoms with E-state index in [0.29, 0.717) is 21.9 Å². The molecule has 0 radical (unpaired) electrons. The monoisotopic (exact) mass is 490 g/mol. The fourth-order valence-corrected chi connectivity index (χ4v) is 4.81. The van der Waals surface area contributed by atoms with E-state index in [4.69, 9.17) is 19.9 Å². The van der Waals surface area contributed by atoms with Crippen LogP contribution >= 0.6 is 11.8 Å². The Labute approximate surface area is 209 Å². The molecule has 0 spiro atoms. The summed E-state index contributed by atoms with van der Waals surface area (Å²) >= 11 is 1.26. The molecule has 35 heavy (non-hydrogen) atoms. The number of thioether (sulfide) groups is 1. The lowest BCUT2D eigenvalue weighted by atomic mass is 9.82. The van der Waals surface area contributed by atoms with Crippen molar-refractivity contribution in [2.75, 3.05) is 19.5 Å². The Bertz CT molecular complexity index is 1290. The third kappa shape index (κ3) is 5.26. The van der Waals surface area contributed by atoms with Gasteiger partial charge in [-0.05, 0) is 38.0 Å². The van der Waals surface area contributed by atoms with Crippen LogP contribution in [0.15, 0.2) is 58.1 Å². The van der Waals surface area contributed by atoms with Crippen molar-refractivity contribution in [3.05, 3.63) is 75.5 Å². The van der Waals surface area contributed by atoms with Crippen LogP contribution in [-0.4, -0.2) is 30.4 Å². The average molecular weight is 491 g/mol. The third-order valence-corrected chi connectivity index (χ3v) is 6.51. The smallest absolute Gasteiger partial charge is 0.338 e. The molecule has 1 aromatic heterocycles. The fourth-order valence-electron chi connectivity index (χ4n) is 3.89. The van der Waals surface area contributed by atoms with E-state index in [9.17, 15) is 15.3 Å². The first kappa shape index (κ1) is 25.7. The number of nitriles is 2. The summed E-state index contributed by atoms with van der Waals surface area (Å²) in [4.78, 5) is 17.8. The van der Waals surface area contributed by atoms with Crippen molar-refractivity contribution in [1.29, 1.82) is 10.5 Å². The summed E-state index contributed by atoms with van der Waals surface area (Å²) in [6.45, 7) is 5.75. The van der Waals surface area contributed by atoms with Crippen molar-refractivity contribution in [1.82, 2.24) is 4.98 Å². The van der Waals surface area contributed by atoms with E-state index in [-0.39, 0.29) is 35.1 Å². The number of para-hydroxylation sites is 1. The molecule has 0 bridgehead atoms. The van der Waals surface area contributed by atoms with Crippen molar-refractivity contribution < 1.29 is 19.0 Å². The maximum Gasteiger partial charge on any atom is 0.338 e. The maximum absolute atomic E-state index is 13.2. The number of carbonyl (C=O) groups is 1. The van der Waals surface area contributed by atoms with Crippen molar-refractivity contribution >= 4 is 17.7 Å². The van der Waals surface area contributed by atoms with Crippen LogP contribution < -0.4 is 10.5 Å². The van der Waals surface area contributed by atoms with Gasteiger partial charge in [-0.15, -0.1) is 0 Å². The Morgan fingerprint density at radius 2 is 2.00 bits per heavy atom. The second-order valence-electron chi connectivity index (χ2n) is 7.58. The van der Waals surface area contributed by atoms with Crippen LogP contribution in [0.2, 0.25) is 0 Å². The third-order valence-electron chi connectivity index (χ3n) is 5.52. The zero-order valence-corrected chi connectivity index (χ0v) is 20.9. The Hall–Kier alpha value is -3.95. The average Bonchev–Trinajstić information content (AvgIpc) is 2.87. The molecule has 2 aromatic rings. The number of carbonyl (C=O) groups excluding carboxylic acids is 1. The second kappa shape index (κ2) is 11.5. The highest BCUT2D eigenvalue weighted by Gasteiger charge is 2.39. The molecule has 0 saturated heterocycles. The van der Waals surface area contributed by atoms with Gasteiger partial charge in [0.25, 0.3) is 0 Å². The van der Waals surface area contributed by atoms with E-state index in [1.54, 1.807) is 37.3 Å². The highest BCUT2D eigenvalue weighted by molar-refractivity contribution is 7.99. The first-order chi connectivity index (χ1) is 16.9. The Morgan fingerprint density at radius 1 is 1.26 bits per heavy atom. The Balaban J connectivity index is 2.14. The minimum Gasteiger partial charge on any atom is -0.496 e. The predicted octanol–water partition coefficient (Wildman–Crippen LogP) is 4.25. The first-order valence-corrected chi connectivity index (χ1v) is 12.0. The van der Waals surface area contributed by atoms with E-state index in [1.165, 1.54) is 18.9 Å². The lowest BCUT2D eigenvalue weighted by Gasteiger charge is -2.28. The molecule has 1 aliphatic rings. The van der Waals surface area contributed by atoms with Crippen LogP contribution in [0.3, 0.4) is 0 Å². The van der Waals surface area contributed by atoms with Crippen LogP contribution in [0.25, 0.3) is 0 Å². The lowest BCUT2D eigenvalue weighted by Crippen LogP contribution is -2.27. The van der Waals surface area contributed by atoms with Gasteiger partial charge in [-0.25, -0.2) is 9.78 Å². The zero-order chi connectivity index (χ0) is 25.5. The van der Waals surface area contributed by atoms with E-state index < -0.39 is 11.9 Å². The summed E-state index contributed by atoms with van der Waals surface area (Å²) in [6.07, 6.45) is 0.718. The largest absolute Gasteiger partial charge is 0.496 e. The molecule has 8 nitrogen and oxygen atoms in total. The van der Waals surface area contributed by atoms with Gasteiger partial charge < -0.3 is 19.9 Å². The molecule has 9 heteroatoms. The van der Waals surface area contributed by atoms with Crippen LogP contribution in [0.1, 0.15) is 42.1 Å². The molecule has 0 unspecified atom stereocenters.